The second kappa shape index (κ2) is 8.75. The topological polar surface area (TPSA) is 76.7 Å². The Morgan fingerprint density at radius 2 is 1.58 bits per heavy atom. The molecule has 2 amide bonds. The number of carbonyl (C=O) groups is 2. The van der Waals surface area contributed by atoms with Crippen LogP contribution in [0.2, 0.25) is 0 Å². The predicted molar refractivity (Wildman–Crippen MR) is 86.4 cm³/mol. The molecule has 0 aliphatic heterocycles. The maximum absolute atomic E-state index is 13.4. The Morgan fingerprint density at radius 1 is 0.923 bits per heavy atom. The van der Waals surface area contributed by atoms with Gasteiger partial charge in [-0.05, 0) is 36.4 Å². The maximum Gasteiger partial charge on any atom is 0.313 e. The van der Waals surface area contributed by atoms with Crippen LogP contribution in [0.25, 0.3) is 0 Å². The van der Waals surface area contributed by atoms with Crippen LogP contribution >= 0.6 is 0 Å². The van der Waals surface area contributed by atoms with Gasteiger partial charge in [0.2, 0.25) is 0 Å². The number of carbonyl (C=O) groups excluding carboxylic acids is 2. The molecule has 0 unspecified atom stereocenters. The van der Waals surface area contributed by atoms with Crippen molar-refractivity contribution in [3.8, 4) is 11.5 Å². The minimum atomic E-state index is -1.74. The normalized spacial score (nSPS) is 10.2. The molecule has 138 valence electrons. The highest BCUT2D eigenvalue weighted by Gasteiger charge is 2.18. The van der Waals surface area contributed by atoms with E-state index in [-0.39, 0.29) is 13.2 Å². The first-order valence-electron chi connectivity index (χ1n) is 7.42. The van der Waals surface area contributed by atoms with E-state index in [0.29, 0.717) is 17.6 Å². The molecule has 0 bridgehead atoms. The van der Waals surface area contributed by atoms with Crippen LogP contribution in [0.1, 0.15) is 0 Å². The second-order valence-corrected chi connectivity index (χ2v) is 4.96. The Bertz CT molecular complexity index is 797. The summed E-state index contributed by atoms with van der Waals surface area (Å²) >= 11 is 0. The molecule has 2 aromatic carbocycles. The van der Waals surface area contributed by atoms with E-state index in [2.05, 4.69) is 5.32 Å². The highest BCUT2D eigenvalue weighted by atomic mass is 19.2. The minimum absolute atomic E-state index is 0.00144. The summed E-state index contributed by atoms with van der Waals surface area (Å²) in [6, 6.07) is 8.16. The summed E-state index contributed by atoms with van der Waals surface area (Å²) in [5.41, 5.74) is -0.640. The largest absolute Gasteiger partial charge is 0.497 e. The van der Waals surface area contributed by atoms with Gasteiger partial charge in [-0.2, -0.15) is 0 Å². The van der Waals surface area contributed by atoms with Gasteiger partial charge in [0.05, 0.1) is 19.3 Å². The summed E-state index contributed by atoms with van der Waals surface area (Å²) in [5, 5.41) is 4.11. The van der Waals surface area contributed by atoms with E-state index < -0.39 is 35.0 Å². The average Bonchev–Trinajstić information content (AvgIpc) is 2.65. The van der Waals surface area contributed by atoms with Crippen molar-refractivity contribution >= 4 is 17.5 Å². The molecular formula is C17H15F3N2O4. The number of amides is 2. The van der Waals surface area contributed by atoms with Gasteiger partial charge < -0.3 is 20.1 Å². The first-order valence-corrected chi connectivity index (χ1v) is 7.42. The molecule has 0 spiro atoms. The van der Waals surface area contributed by atoms with E-state index in [1.807, 2.05) is 5.32 Å². The van der Waals surface area contributed by atoms with Gasteiger partial charge >= 0.3 is 11.8 Å². The van der Waals surface area contributed by atoms with Gasteiger partial charge in [-0.25, -0.2) is 13.2 Å². The van der Waals surface area contributed by atoms with Crippen LogP contribution in [0, 0.1) is 17.5 Å². The summed E-state index contributed by atoms with van der Waals surface area (Å²) in [4.78, 5) is 23.3. The lowest BCUT2D eigenvalue weighted by Crippen LogP contribution is -2.37. The molecule has 0 heterocycles. The van der Waals surface area contributed by atoms with E-state index in [1.54, 1.807) is 24.3 Å². The Kier molecular flexibility index (Phi) is 6.42. The van der Waals surface area contributed by atoms with E-state index in [0.717, 1.165) is 6.07 Å². The molecule has 0 atom stereocenters. The fourth-order valence-electron chi connectivity index (χ4n) is 1.89. The van der Waals surface area contributed by atoms with E-state index in [9.17, 15) is 22.8 Å². The number of rotatable bonds is 6. The smallest absolute Gasteiger partial charge is 0.313 e. The molecule has 0 radical (unpaired) electrons. The van der Waals surface area contributed by atoms with E-state index in [1.165, 1.54) is 7.11 Å². The quantitative estimate of drug-likeness (QED) is 0.466. The minimum Gasteiger partial charge on any atom is -0.497 e. The van der Waals surface area contributed by atoms with Crippen LogP contribution in [0.4, 0.5) is 18.9 Å². The summed E-state index contributed by atoms with van der Waals surface area (Å²) in [6.07, 6.45) is 0. The van der Waals surface area contributed by atoms with Crippen molar-refractivity contribution < 1.29 is 32.2 Å². The molecule has 26 heavy (non-hydrogen) atoms. The van der Waals surface area contributed by atoms with Crippen LogP contribution in [0.15, 0.2) is 36.4 Å². The Labute approximate surface area is 146 Å². The highest BCUT2D eigenvalue weighted by Crippen LogP contribution is 2.19. The molecule has 0 fully saturated rings. The third-order valence-corrected chi connectivity index (χ3v) is 3.21. The van der Waals surface area contributed by atoms with Gasteiger partial charge in [0.25, 0.3) is 0 Å². The first kappa shape index (κ1) is 19.1. The third kappa shape index (κ3) is 4.88. The van der Waals surface area contributed by atoms with Crippen LogP contribution < -0.4 is 20.1 Å². The zero-order chi connectivity index (χ0) is 19.1. The van der Waals surface area contributed by atoms with Gasteiger partial charge in [-0.1, -0.05) is 0 Å². The lowest BCUT2D eigenvalue weighted by atomic mass is 10.2. The van der Waals surface area contributed by atoms with Crippen LogP contribution in [0.5, 0.6) is 11.5 Å². The van der Waals surface area contributed by atoms with Crippen molar-refractivity contribution in [3.05, 3.63) is 53.8 Å². The molecule has 2 aromatic rings. The number of hydrogen-bond donors (Lipinski definition) is 2. The monoisotopic (exact) mass is 368 g/mol. The Balaban J connectivity index is 1.78. The number of nitrogens with one attached hydrogen (secondary N) is 2. The second-order valence-electron chi connectivity index (χ2n) is 4.96. The fourth-order valence-corrected chi connectivity index (χ4v) is 1.89. The maximum atomic E-state index is 13.4. The van der Waals surface area contributed by atoms with Gasteiger partial charge in [0.1, 0.15) is 18.1 Å². The zero-order valence-electron chi connectivity index (χ0n) is 13.6. The molecule has 0 aromatic heterocycles. The fraction of sp³-hybridized carbons (Fsp3) is 0.176. The molecule has 0 saturated carbocycles. The lowest BCUT2D eigenvalue weighted by Gasteiger charge is -2.09. The first-order chi connectivity index (χ1) is 12.4. The third-order valence-electron chi connectivity index (χ3n) is 3.21. The average molecular weight is 368 g/mol. The number of ether oxygens (including phenoxy) is 2. The Morgan fingerprint density at radius 3 is 2.23 bits per heavy atom. The van der Waals surface area contributed by atoms with Crippen LogP contribution in [-0.4, -0.2) is 32.1 Å². The summed E-state index contributed by atoms with van der Waals surface area (Å²) < 4.78 is 49.7. The molecule has 2 N–H and O–H groups in total. The molecule has 9 heteroatoms. The predicted octanol–water partition coefficient (Wildman–Crippen LogP) is 2.25. The van der Waals surface area contributed by atoms with Gasteiger partial charge in [0, 0.05) is 0 Å². The number of benzene rings is 2. The standard InChI is InChI=1S/C17H15F3N2O4/c1-25-10-2-4-11(5-3-10)26-9-8-21-16(23)17(24)22-13-7-6-12(18)14(19)15(13)20/h2-7H,8-9H2,1H3,(H,21,23)(H,22,24). The number of anilines is 1. The molecule has 0 aliphatic rings. The Hall–Kier alpha value is -3.23. The number of methoxy groups -OCH3 is 1. The van der Waals surface area contributed by atoms with E-state index in [4.69, 9.17) is 9.47 Å². The van der Waals surface area contributed by atoms with Crippen molar-refractivity contribution in [3.63, 3.8) is 0 Å². The summed E-state index contributed by atoms with van der Waals surface area (Å²) in [6.45, 7) is 0.0728. The van der Waals surface area contributed by atoms with Gasteiger partial charge in [-0.3, -0.25) is 9.59 Å². The van der Waals surface area contributed by atoms with E-state index >= 15 is 0 Å². The van der Waals surface area contributed by atoms with Gasteiger partial charge in [0.15, 0.2) is 17.5 Å². The SMILES string of the molecule is COc1ccc(OCCNC(=O)C(=O)Nc2ccc(F)c(F)c2F)cc1. The lowest BCUT2D eigenvalue weighted by molar-refractivity contribution is -0.136. The summed E-state index contributed by atoms with van der Waals surface area (Å²) in [7, 11) is 1.53. The molecule has 0 saturated heterocycles. The molecular weight excluding hydrogens is 353 g/mol. The summed E-state index contributed by atoms with van der Waals surface area (Å²) in [5.74, 6) is -5.84. The van der Waals surface area contributed by atoms with Crippen molar-refractivity contribution in [1.29, 1.82) is 0 Å². The van der Waals surface area contributed by atoms with Crippen LogP contribution in [-0.2, 0) is 9.59 Å². The highest BCUT2D eigenvalue weighted by molar-refractivity contribution is 6.39. The molecule has 6 nitrogen and oxygen atoms in total. The van der Waals surface area contributed by atoms with Crippen molar-refractivity contribution in [2.24, 2.45) is 0 Å². The van der Waals surface area contributed by atoms with Gasteiger partial charge in [-0.15, -0.1) is 0 Å². The van der Waals surface area contributed by atoms with Crippen LogP contribution in [0.3, 0.4) is 0 Å². The van der Waals surface area contributed by atoms with Crippen molar-refractivity contribution in [2.75, 3.05) is 25.6 Å². The van der Waals surface area contributed by atoms with Crippen molar-refractivity contribution in [1.82, 2.24) is 5.32 Å². The van der Waals surface area contributed by atoms with Crippen molar-refractivity contribution in [2.45, 2.75) is 0 Å². The number of hydrogen-bond acceptors (Lipinski definition) is 4. The zero-order valence-corrected chi connectivity index (χ0v) is 13.6. The molecule has 2 rings (SSSR count). The molecule has 0 aliphatic carbocycles. The number of halogens is 3.